The lowest BCUT2D eigenvalue weighted by atomic mass is 10.3. The molecule has 124 valence electrons. The van der Waals surface area contributed by atoms with Crippen LogP contribution in [0.1, 0.15) is 19.3 Å². The van der Waals surface area contributed by atoms with E-state index in [1.165, 1.54) is 16.9 Å². The van der Waals surface area contributed by atoms with Crippen LogP contribution in [-0.2, 0) is 10.0 Å². The number of benzene rings is 1. The fourth-order valence-corrected chi connectivity index (χ4v) is 3.23. The molecule has 9 heteroatoms. The van der Waals surface area contributed by atoms with Gasteiger partial charge in [0.2, 0.25) is 10.0 Å². The zero-order valence-corrected chi connectivity index (χ0v) is 13.1. The Labute approximate surface area is 131 Å². The van der Waals surface area contributed by atoms with Gasteiger partial charge in [-0.05, 0) is 30.5 Å². The summed E-state index contributed by atoms with van der Waals surface area (Å²) in [6, 6.07) is 3.85. The van der Waals surface area contributed by atoms with Crippen LogP contribution in [0.2, 0.25) is 5.02 Å². The molecule has 0 unspecified atom stereocenters. The Hall–Kier alpha value is -0.990. The van der Waals surface area contributed by atoms with Gasteiger partial charge < -0.3 is 4.74 Å². The zero-order chi connectivity index (χ0) is 16.4. The summed E-state index contributed by atoms with van der Waals surface area (Å²) in [6.07, 6.45) is -1.60. The molecule has 2 rings (SSSR count). The van der Waals surface area contributed by atoms with Crippen molar-refractivity contribution in [1.29, 1.82) is 0 Å². The van der Waals surface area contributed by atoms with Gasteiger partial charge >= 0.3 is 6.18 Å². The molecule has 1 saturated carbocycles. The van der Waals surface area contributed by atoms with E-state index in [2.05, 4.69) is 0 Å². The van der Waals surface area contributed by atoms with E-state index in [0.29, 0.717) is 12.5 Å². The number of sulfonamides is 1. The fraction of sp³-hybridized carbons (Fsp3) is 0.538. The summed E-state index contributed by atoms with van der Waals surface area (Å²) >= 11 is 5.74. The summed E-state index contributed by atoms with van der Waals surface area (Å²) < 4.78 is 67.5. The molecule has 0 atom stereocenters. The first-order valence-electron chi connectivity index (χ1n) is 6.66. The molecule has 0 aromatic heterocycles. The minimum absolute atomic E-state index is 0.000255. The standard InChI is InChI=1S/C13H15ClF3NO3S/c14-10-3-4-11(21-6-5-9-1-2-9)12(7-10)22(19,20)18-8-13(15,16)17/h3-4,7,9,18H,1-2,5-6,8H2. The van der Waals surface area contributed by atoms with Crippen LogP contribution in [0.3, 0.4) is 0 Å². The molecule has 0 heterocycles. The number of hydrogen-bond acceptors (Lipinski definition) is 3. The minimum atomic E-state index is -4.64. The Bertz CT molecular complexity index is 630. The quantitative estimate of drug-likeness (QED) is 0.814. The van der Waals surface area contributed by atoms with Gasteiger partial charge in [-0.15, -0.1) is 0 Å². The van der Waals surface area contributed by atoms with E-state index < -0.39 is 22.7 Å². The van der Waals surface area contributed by atoms with E-state index in [1.54, 1.807) is 0 Å². The zero-order valence-electron chi connectivity index (χ0n) is 11.5. The molecule has 22 heavy (non-hydrogen) atoms. The van der Waals surface area contributed by atoms with Crippen molar-refractivity contribution in [2.45, 2.75) is 30.3 Å². The lowest BCUT2D eigenvalue weighted by molar-refractivity contribution is -0.121. The van der Waals surface area contributed by atoms with Crippen molar-refractivity contribution in [2.75, 3.05) is 13.2 Å². The first kappa shape index (κ1) is 17.4. The van der Waals surface area contributed by atoms with Crippen LogP contribution in [0.4, 0.5) is 13.2 Å². The Balaban J connectivity index is 2.13. The lowest BCUT2D eigenvalue weighted by Crippen LogP contribution is -2.34. The Kier molecular flexibility index (Phi) is 5.24. The summed E-state index contributed by atoms with van der Waals surface area (Å²) in [5.41, 5.74) is 0. The summed E-state index contributed by atoms with van der Waals surface area (Å²) in [5.74, 6) is 0.593. The molecule has 1 aliphatic rings. The van der Waals surface area contributed by atoms with Crippen LogP contribution in [-0.4, -0.2) is 27.7 Å². The Morgan fingerprint density at radius 3 is 2.59 bits per heavy atom. The van der Waals surface area contributed by atoms with Crippen molar-refractivity contribution >= 4 is 21.6 Å². The highest BCUT2D eigenvalue weighted by Crippen LogP contribution is 2.33. The van der Waals surface area contributed by atoms with Crippen molar-refractivity contribution in [2.24, 2.45) is 5.92 Å². The molecule has 4 nitrogen and oxygen atoms in total. The highest BCUT2D eigenvalue weighted by Gasteiger charge is 2.31. The van der Waals surface area contributed by atoms with Crippen LogP contribution in [0.5, 0.6) is 5.75 Å². The van der Waals surface area contributed by atoms with Crippen molar-refractivity contribution in [1.82, 2.24) is 4.72 Å². The molecule has 1 fully saturated rings. The average molecular weight is 358 g/mol. The Morgan fingerprint density at radius 2 is 2.00 bits per heavy atom. The van der Waals surface area contributed by atoms with Gasteiger partial charge in [-0.1, -0.05) is 24.4 Å². The molecule has 1 aromatic rings. The number of ether oxygens (including phenoxy) is 1. The third-order valence-corrected chi connectivity index (χ3v) is 4.80. The summed E-state index contributed by atoms with van der Waals surface area (Å²) in [4.78, 5) is -0.389. The van der Waals surface area contributed by atoms with Gasteiger partial charge in [-0.25, -0.2) is 13.1 Å². The van der Waals surface area contributed by atoms with Gasteiger partial charge in [0.05, 0.1) is 6.61 Å². The number of hydrogen-bond donors (Lipinski definition) is 1. The first-order valence-corrected chi connectivity index (χ1v) is 8.52. The number of alkyl halides is 3. The van der Waals surface area contributed by atoms with E-state index >= 15 is 0 Å². The summed E-state index contributed by atoms with van der Waals surface area (Å²) in [6.45, 7) is -1.34. The topological polar surface area (TPSA) is 55.4 Å². The van der Waals surface area contributed by atoms with Gasteiger partial charge in [0.1, 0.15) is 17.2 Å². The number of rotatable bonds is 7. The molecule has 0 bridgehead atoms. The van der Waals surface area contributed by atoms with Crippen molar-refractivity contribution in [3.05, 3.63) is 23.2 Å². The maximum absolute atomic E-state index is 12.2. The third kappa shape index (κ3) is 5.33. The van der Waals surface area contributed by atoms with Gasteiger partial charge in [-0.2, -0.15) is 13.2 Å². The largest absolute Gasteiger partial charge is 0.492 e. The molecular formula is C13H15ClF3NO3S. The predicted molar refractivity (Wildman–Crippen MR) is 75.5 cm³/mol. The predicted octanol–water partition coefficient (Wildman–Crippen LogP) is 3.36. The SMILES string of the molecule is O=S(=O)(NCC(F)(F)F)c1cc(Cl)ccc1OCCC1CC1. The monoisotopic (exact) mass is 357 g/mol. The molecule has 1 aliphatic carbocycles. The van der Waals surface area contributed by atoms with Gasteiger partial charge in [-0.3, -0.25) is 0 Å². The molecular weight excluding hydrogens is 343 g/mol. The molecule has 0 spiro atoms. The third-order valence-electron chi connectivity index (χ3n) is 3.14. The van der Waals surface area contributed by atoms with E-state index in [-0.39, 0.29) is 15.7 Å². The molecule has 0 radical (unpaired) electrons. The van der Waals surface area contributed by atoms with E-state index in [4.69, 9.17) is 16.3 Å². The second-order valence-corrected chi connectivity index (χ2v) is 7.28. The average Bonchev–Trinajstić information content (AvgIpc) is 3.22. The fourth-order valence-electron chi connectivity index (χ4n) is 1.81. The van der Waals surface area contributed by atoms with Crippen LogP contribution < -0.4 is 9.46 Å². The van der Waals surface area contributed by atoms with Crippen molar-refractivity contribution < 1.29 is 26.3 Å². The van der Waals surface area contributed by atoms with Gasteiger partial charge in [0, 0.05) is 5.02 Å². The highest BCUT2D eigenvalue weighted by molar-refractivity contribution is 7.89. The van der Waals surface area contributed by atoms with Gasteiger partial charge in [0.25, 0.3) is 0 Å². The van der Waals surface area contributed by atoms with Crippen molar-refractivity contribution in [3.63, 3.8) is 0 Å². The maximum Gasteiger partial charge on any atom is 0.402 e. The Morgan fingerprint density at radius 1 is 1.32 bits per heavy atom. The molecule has 1 N–H and O–H groups in total. The minimum Gasteiger partial charge on any atom is -0.492 e. The molecule has 0 aliphatic heterocycles. The first-order chi connectivity index (χ1) is 10.2. The smallest absolute Gasteiger partial charge is 0.402 e. The molecule has 1 aromatic carbocycles. The highest BCUT2D eigenvalue weighted by atomic mass is 35.5. The molecule has 0 saturated heterocycles. The van der Waals surface area contributed by atoms with Crippen LogP contribution in [0.15, 0.2) is 23.1 Å². The van der Waals surface area contributed by atoms with Crippen LogP contribution in [0.25, 0.3) is 0 Å². The van der Waals surface area contributed by atoms with E-state index in [0.717, 1.165) is 25.3 Å². The second kappa shape index (κ2) is 6.64. The second-order valence-electron chi connectivity index (χ2n) is 5.11. The van der Waals surface area contributed by atoms with E-state index in [9.17, 15) is 21.6 Å². The van der Waals surface area contributed by atoms with Crippen LogP contribution in [0, 0.1) is 5.92 Å². The lowest BCUT2D eigenvalue weighted by Gasteiger charge is -2.14. The normalized spacial score (nSPS) is 15.8. The number of halogens is 4. The maximum atomic E-state index is 12.2. The van der Waals surface area contributed by atoms with Crippen molar-refractivity contribution in [3.8, 4) is 5.75 Å². The van der Waals surface area contributed by atoms with E-state index in [1.807, 2.05) is 0 Å². The van der Waals surface area contributed by atoms with Gasteiger partial charge in [0.15, 0.2) is 0 Å². The molecule has 0 amide bonds. The number of nitrogens with one attached hydrogen (secondary N) is 1. The summed E-state index contributed by atoms with van der Waals surface area (Å²) in [5, 5.41) is 0.0990. The van der Waals surface area contributed by atoms with Crippen LogP contribution >= 0.6 is 11.6 Å². The summed E-state index contributed by atoms with van der Waals surface area (Å²) in [7, 11) is -4.36.